The molecule has 0 bridgehead atoms. The normalized spacial score (nSPS) is 25.9. The molecule has 6 nitrogen and oxygen atoms in total. The molecule has 4 rings (SSSR count). The zero-order valence-corrected chi connectivity index (χ0v) is 12.1. The van der Waals surface area contributed by atoms with Gasteiger partial charge < -0.3 is 4.90 Å². The minimum atomic E-state index is -3.01. The van der Waals surface area contributed by atoms with E-state index in [1.54, 1.807) is 22.8 Å². The standard InChI is InChI=1S/C13H18N4O2S/c18-20(19,11-2-3-11)17-7-4-13(10-17)8-16(9-13)12-14-5-1-6-15-12/h1,5-6,11H,2-4,7-10H2. The molecule has 2 aliphatic heterocycles. The third kappa shape index (κ3) is 1.91. The van der Waals surface area contributed by atoms with Crippen LogP contribution in [-0.4, -0.2) is 54.1 Å². The molecule has 0 unspecified atom stereocenters. The van der Waals surface area contributed by atoms with Crippen LogP contribution in [0.25, 0.3) is 0 Å². The SMILES string of the molecule is O=S(=O)(C1CC1)N1CCC2(CN(c3ncccn3)C2)C1. The Morgan fingerprint density at radius 3 is 2.50 bits per heavy atom. The second-order valence-electron chi connectivity index (χ2n) is 6.23. The maximum atomic E-state index is 12.3. The van der Waals surface area contributed by atoms with Crippen LogP contribution in [-0.2, 0) is 10.0 Å². The van der Waals surface area contributed by atoms with Crippen LogP contribution >= 0.6 is 0 Å². The molecule has 1 aromatic heterocycles. The molecular weight excluding hydrogens is 276 g/mol. The zero-order valence-electron chi connectivity index (χ0n) is 11.3. The van der Waals surface area contributed by atoms with Crippen LogP contribution < -0.4 is 4.90 Å². The van der Waals surface area contributed by atoms with Crippen molar-refractivity contribution in [3.05, 3.63) is 18.5 Å². The summed E-state index contributed by atoms with van der Waals surface area (Å²) in [6, 6.07) is 1.80. The maximum absolute atomic E-state index is 12.3. The predicted octanol–water partition coefficient (Wildman–Crippen LogP) is 0.481. The number of hydrogen-bond acceptors (Lipinski definition) is 5. The van der Waals surface area contributed by atoms with Crippen molar-refractivity contribution < 1.29 is 8.42 Å². The number of anilines is 1. The van der Waals surface area contributed by atoms with Gasteiger partial charge >= 0.3 is 0 Å². The summed E-state index contributed by atoms with van der Waals surface area (Å²) in [6.45, 7) is 3.10. The first-order valence-corrected chi connectivity index (χ1v) is 8.60. The Bertz CT molecular complexity index is 609. The highest BCUT2D eigenvalue weighted by Crippen LogP contribution is 2.43. The average Bonchev–Trinajstić information content (AvgIpc) is 3.17. The second-order valence-corrected chi connectivity index (χ2v) is 8.45. The molecule has 20 heavy (non-hydrogen) atoms. The summed E-state index contributed by atoms with van der Waals surface area (Å²) in [7, 11) is -3.01. The van der Waals surface area contributed by atoms with Gasteiger partial charge in [-0.25, -0.2) is 22.7 Å². The zero-order chi connectivity index (χ0) is 13.8. The van der Waals surface area contributed by atoms with Crippen LogP contribution in [0.2, 0.25) is 0 Å². The lowest BCUT2D eigenvalue weighted by Gasteiger charge is -2.47. The Kier molecular flexibility index (Phi) is 2.59. The van der Waals surface area contributed by atoms with E-state index < -0.39 is 10.0 Å². The maximum Gasteiger partial charge on any atom is 0.225 e. The highest BCUT2D eigenvalue weighted by atomic mass is 32.2. The van der Waals surface area contributed by atoms with Gasteiger partial charge in [0.2, 0.25) is 16.0 Å². The molecule has 0 N–H and O–H groups in total. The predicted molar refractivity (Wildman–Crippen MR) is 74.8 cm³/mol. The van der Waals surface area contributed by atoms with Crippen molar-refractivity contribution in [2.45, 2.75) is 24.5 Å². The molecule has 3 aliphatic rings. The quantitative estimate of drug-likeness (QED) is 0.811. The molecule has 1 saturated carbocycles. The number of nitrogens with zero attached hydrogens (tertiary/aromatic N) is 4. The first-order valence-electron chi connectivity index (χ1n) is 7.10. The largest absolute Gasteiger partial charge is 0.339 e. The van der Waals surface area contributed by atoms with Gasteiger partial charge in [0.05, 0.1) is 5.25 Å². The van der Waals surface area contributed by atoms with E-state index in [1.807, 2.05) is 0 Å². The summed E-state index contributed by atoms with van der Waals surface area (Å²) in [5, 5.41) is -0.0914. The van der Waals surface area contributed by atoms with E-state index in [-0.39, 0.29) is 10.7 Å². The van der Waals surface area contributed by atoms with E-state index >= 15 is 0 Å². The molecule has 7 heteroatoms. The highest BCUT2D eigenvalue weighted by Gasteiger charge is 2.53. The third-order valence-corrected chi connectivity index (χ3v) is 6.94. The summed E-state index contributed by atoms with van der Waals surface area (Å²) < 4.78 is 26.2. The first-order chi connectivity index (χ1) is 9.59. The summed E-state index contributed by atoms with van der Waals surface area (Å²) in [4.78, 5) is 10.6. The van der Waals surface area contributed by atoms with Gasteiger partial charge in [-0.15, -0.1) is 0 Å². The first kappa shape index (κ1) is 12.5. The lowest BCUT2D eigenvalue weighted by Crippen LogP contribution is -2.58. The smallest absolute Gasteiger partial charge is 0.225 e. The van der Waals surface area contributed by atoms with Crippen molar-refractivity contribution in [3.63, 3.8) is 0 Å². The van der Waals surface area contributed by atoms with Gasteiger partial charge in [0.25, 0.3) is 0 Å². The Morgan fingerprint density at radius 1 is 1.15 bits per heavy atom. The lowest BCUT2D eigenvalue weighted by atomic mass is 9.79. The van der Waals surface area contributed by atoms with E-state index in [0.29, 0.717) is 13.1 Å². The monoisotopic (exact) mass is 294 g/mol. The Morgan fingerprint density at radius 2 is 1.85 bits per heavy atom. The van der Waals surface area contributed by atoms with Crippen LogP contribution in [0.15, 0.2) is 18.5 Å². The Hall–Kier alpha value is -1.21. The van der Waals surface area contributed by atoms with Crippen molar-refractivity contribution >= 4 is 16.0 Å². The van der Waals surface area contributed by atoms with Crippen molar-refractivity contribution in [1.29, 1.82) is 0 Å². The highest BCUT2D eigenvalue weighted by molar-refractivity contribution is 7.90. The third-order valence-electron chi connectivity index (χ3n) is 4.60. The van der Waals surface area contributed by atoms with Gasteiger partial charge in [0.1, 0.15) is 0 Å². The minimum Gasteiger partial charge on any atom is -0.339 e. The number of aromatic nitrogens is 2. The molecule has 0 aromatic carbocycles. The van der Waals surface area contributed by atoms with E-state index in [4.69, 9.17) is 0 Å². The fourth-order valence-electron chi connectivity index (χ4n) is 3.31. The van der Waals surface area contributed by atoms with Crippen LogP contribution in [0.3, 0.4) is 0 Å². The molecular formula is C13H18N4O2S. The van der Waals surface area contributed by atoms with Gasteiger partial charge in [0, 0.05) is 44.0 Å². The lowest BCUT2D eigenvalue weighted by molar-refractivity contribution is 0.227. The summed E-state index contributed by atoms with van der Waals surface area (Å²) >= 11 is 0. The molecule has 3 heterocycles. The van der Waals surface area contributed by atoms with Crippen LogP contribution in [0, 0.1) is 5.41 Å². The van der Waals surface area contributed by atoms with Crippen molar-refractivity contribution in [3.8, 4) is 0 Å². The number of hydrogen-bond donors (Lipinski definition) is 0. The molecule has 3 fully saturated rings. The molecule has 2 saturated heterocycles. The fraction of sp³-hybridized carbons (Fsp3) is 0.692. The van der Waals surface area contributed by atoms with Crippen molar-refractivity contribution in [2.24, 2.45) is 5.41 Å². The van der Waals surface area contributed by atoms with Gasteiger partial charge in [-0.1, -0.05) is 0 Å². The molecule has 1 spiro atoms. The topological polar surface area (TPSA) is 66.4 Å². The van der Waals surface area contributed by atoms with Gasteiger partial charge in [-0.2, -0.15) is 0 Å². The molecule has 108 valence electrons. The summed E-state index contributed by atoms with van der Waals surface area (Å²) in [5.74, 6) is 0.752. The summed E-state index contributed by atoms with van der Waals surface area (Å²) in [6.07, 6.45) is 6.13. The molecule has 0 amide bonds. The van der Waals surface area contributed by atoms with Gasteiger partial charge in [0.15, 0.2) is 0 Å². The van der Waals surface area contributed by atoms with E-state index in [1.165, 1.54) is 0 Å². The minimum absolute atomic E-state index is 0.0914. The average molecular weight is 294 g/mol. The van der Waals surface area contributed by atoms with E-state index in [9.17, 15) is 8.42 Å². The second kappa shape index (κ2) is 4.14. The number of rotatable bonds is 3. The Balaban J connectivity index is 1.43. The van der Waals surface area contributed by atoms with Gasteiger partial charge in [-0.05, 0) is 25.3 Å². The Labute approximate surface area is 118 Å². The molecule has 1 aliphatic carbocycles. The van der Waals surface area contributed by atoms with Crippen molar-refractivity contribution in [1.82, 2.24) is 14.3 Å². The van der Waals surface area contributed by atoms with Crippen molar-refractivity contribution in [2.75, 3.05) is 31.1 Å². The van der Waals surface area contributed by atoms with E-state index in [0.717, 1.165) is 38.3 Å². The number of sulfonamides is 1. The summed E-state index contributed by atoms with van der Waals surface area (Å²) in [5.41, 5.74) is 0.126. The van der Waals surface area contributed by atoms with Crippen LogP contribution in [0.4, 0.5) is 5.95 Å². The molecule has 1 aromatic rings. The van der Waals surface area contributed by atoms with E-state index in [2.05, 4.69) is 14.9 Å². The fourth-order valence-corrected chi connectivity index (χ4v) is 5.26. The van der Waals surface area contributed by atoms with Gasteiger partial charge in [-0.3, -0.25) is 0 Å². The molecule has 0 radical (unpaired) electrons. The van der Waals surface area contributed by atoms with Crippen LogP contribution in [0.5, 0.6) is 0 Å². The van der Waals surface area contributed by atoms with Crippen LogP contribution in [0.1, 0.15) is 19.3 Å². The molecule has 0 atom stereocenters.